The Morgan fingerprint density at radius 2 is 1.93 bits per heavy atom. The van der Waals surface area contributed by atoms with Gasteiger partial charge in [0.05, 0.1) is 0 Å². The Hall–Kier alpha value is -1.22. The number of rotatable bonds is 5. The van der Waals surface area contributed by atoms with Gasteiger partial charge in [-0.3, -0.25) is 0 Å². The first-order chi connectivity index (χ1) is 7.13. The number of nitrogens with one attached hydrogen (secondary N) is 1. The molecule has 0 aromatic heterocycles. The molecule has 1 rings (SSSR count). The van der Waals surface area contributed by atoms with Crippen molar-refractivity contribution in [1.82, 2.24) is 5.32 Å². The van der Waals surface area contributed by atoms with Crippen LogP contribution in [0.4, 0.5) is 8.78 Å². The van der Waals surface area contributed by atoms with Crippen molar-refractivity contribution in [2.75, 3.05) is 0 Å². The molecular formula is C12H15F2N. The summed E-state index contributed by atoms with van der Waals surface area (Å²) in [6.45, 7) is 6.30. The maximum atomic E-state index is 12.2. The average molecular weight is 211 g/mol. The first-order valence-corrected chi connectivity index (χ1v) is 4.86. The molecule has 15 heavy (non-hydrogen) atoms. The van der Waals surface area contributed by atoms with Crippen LogP contribution in [-0.4, -0.2) is 6.04 Å². The Labute approximate surface area is 88.8 Å². The molecule has 0 spiro atoms. The second kappa shape index (κ2) is 5.61. The van der Waals surface area contributed by atoms with Gasteiger partial charge >= 0.3 is 0 Å². The molecule has 0 saturated carbocycles. The van der Waals surface area contributed by atoms with Crippen LogP contribution in [0.3, 0.4) is 0 Å². The quantitative estimate of drug-likeness (QED) is 0.737. The third-order valence-corrected chi connectivity index (χ3v) is 2.21. The lowest BCUT2D eigenvalue weighted by molar-refractivity contribution is 0.151. The van der Waals surface area contributed by atoms with Gasteiger partial charge in [-0.2, -0.15) is 0 Å². The third kappa shape index (κ3) is 3.80. The SMILES string of the molecule is C=CC(C)NCc1ccc(C(F)F)cc1. The highest BCUT2D eigenvalue weighted by Crippen LogP contribution is 2.18. The van der Waals surface area contributed by atoms with Gasteiger partial charge in [0.2, 0.25) is 0 Å². The molecule has 1 aromatic carbocycles. The van der Waals surface area contributed by atoms with Crippen LogP contribution in [0.2, 0.25) is 0 Å². The van der Waals surface area contributed by atoms with E-state index in [-0.39, 0.29) is 11.6 Å². The average Bonchev–Trinajstić information content (AvgIpc) is 2.26. The summed E-state index contributed by atoms with van der Waals surface area (Å²) >= 11 is 0. The lowest BCUT2D eigenvalue weighted by Gasteiger charge is -2.09. The van der Waals surface area contributed by atoms with E-state index < -0.39 is 6.43 Å². The second-order valence-corrected chi connectivity index (χ2v) is 3.45. The summed E-state index contributed by atoms with van der Waals surface area (Å²) in [4.78, 5) is 0. The summed E-state index contributed by atoms with van der Waals surface area (Å²) in [5.41, 5.74) is 1.06. The van der Waals surface area contributed by atoms with Crippen molar-refractivity contribution in [2.45, 2.75) is 25.9 Å². The van der Waals surface area contributed by atoms with E-state index in [0.29, 0.717) is 6.54 Å². The largest absolute Gasteiger partial charge is 0.307 e. The van der Waals surface area contributed by atoms with Gasteiger partial charge in [0.25, 0.3) is 6.43 Å². The summed E-state index contributed by atoms with van der Waals surface area (Å²) in [5.74, 6) is 0. The zero-order chi connectivity index (χ0) is 11.3. The fourth-order valence-electron chi connectivity index (χ4n) is 1.14. The normalized spacial score (nSPS) is 12.8. The van der Waals surface area contributed by atoms with Crippen LogP contribution in [0.1, 0.15) is 24.5 Å². The van der Waals surface area contributed by atoms with Gasteiger partial charge in [-0.1, -0.05) is 30.3 Å². The summed E-state index contributed by atoms with van der Waals surface area (Å²) in [6, 6.07) is 6.56. The predicted octanol–water partition coefficient (Wildman–Crippen LogP) is 3.29. The van der Waals surface area contributed by atoms with Crippen molar-refractivity contribution in [3.63, 3.8) is 0 Å². The van der Waals surface area contributed by atoms with Crippen molar-refractivity contribution in [2.24, 2.45) is 0 Å². The molecule has 0 amide bonds. The lowest BCUT2D eigenvalue weighted by atomic mass is 10.1. The van der Waals surface area contributed by atoms with E-state index in [1.54, 1.807) is 18.2 Å². The fourth-order valence-corrected chi connectivity index (χ4v) is 1.14. The highest BCUT2D eigenvalue weighted by atomic mass is 19.3. The predicted molar refractivity (Wildman–Crippen MR) is 57.9 cm³/mol. The van der Waals surface area contributed by atoms with Crippen LogP contribution in [-0.2, 0) is 6.54 Å². The zero-order valence-electron chi connectivity index (χ0n) is 8.71. The van der Waals surface area contributed by atoms with Gasteiger partial charge in [0.1, 0.15) is 0 Å². The van der Waals surface area contributed by atoms with Gasteiger partial charge in [-0.15, -0.1) is 6.58 Å². The van der Waals surface area contributed by atoms with E-state index >= 15 is 0 Å². The number of benzene rings is 1. The molecule has 82 valence electrons. The minimum atomic E-state index is -2.39. The maximum absolute atomic E-state index is 12.2. The van der Waals surface area contributed by atoms with Gasteiger partial charge in [0, 0.05) is 18.2 Å². The summed E-state index contributed by atoms with van der Waals surface area (Å²) in [7, 11) is 0. The van der Waals surface area contributed by atoms with Crippen LogP contribution in [0.5, 0.6) is 0 Å². The number of hydrogen-bond donors (Lipinski definition) is 1. The van der Waals surface area contributed by atoms with Gasteiger partial charge in [-0.25, -0.2) is 8.78 Å². The molecule has 0 aliphatic heterocycles. The van der Waals surface area contributed by atoms with Crippen molar-refractivity contribution in [1.29, 1.82) is 0 Å². The molecule has 0 heterocycles. The monoisotopic (exact) mass is 211 g/mol. The molecule has 3 heteroatoms. The standard InChI is InChI=1S/C12H15F2N/c1-3-9(2)15-8-10-4-6-11(7-5-10)12(13)14/h3-7,9,12,15H,1,8H2,2H3. The first kappa shape index (κ1) is 11.9. The molecule has 0 aliphatic rings. The maximum Gasteiger partial charge on any atom is 0.263 e. The fraction of sp³-hybridized carbons (Fsp3) is 0.333. The van der Waals surface area contributed by atoms with E-state index in [2.05, 4.69) is 11.9 Å². The Bertz CT molecular complexity index is 306. The Morgan fingerprint density at radius 3 is 2.40 bits per heavy atom. The minimum absolute atomic E-state index is 0.0653. The van der Waals surface area contributed by atoms with E-state index in [9.17, 15) is 8.78 Å². The topological polar surface area (TPSA) is 12.0 Å². The summed E-state index contributed by atoms with van der Waals surface area (Å²) in [5, 5.41) is 3.19. The van der Waals surface area contributed by atoms with Crippen molar-refractivity contribution >= 4 is 0 Å². The number of alkyl halides is 2. The van der Waals surface area contributed by atoms with Crippen molar-refractivity contribution < 1.29 is 8.78 Å². The highest BCUT2D eigenvalue weighted by molar-refractivity contribution is 5.23. The number of halogens is 2. The zero-order valence-corrected chi connectivity index (χ0v) is 8.71. The molecule has 1 atom stereocenters. The molecule has 0 aliphatic carbocycles. The summed E-state index contributed by atoms with van der Waals surface area (Å²) in [6.07, 6.45) is -0.591. The molecule has 0 fully saturated rings. The van der Waals surface area contributed by atoms with Crippen molar-refractivity contribution in [3.05, 3.63) is 48.0 Å². The van der Waals surface area contributed by atoms with E-state index in [4.69, 9.17) is 0 Å². The minimum Gasteiger partial charge on any atom is -0.307 e. The smallest absolute Gasteiger partial charge is 0.263 e. The molecule has 0 saturated heterocycles. The van der Waals surface area contributed by atoms with Crippen LogP contribution < -0.4 is 5.32 Å². The Balaban J connectivity index is 2.53. The molecule has 0 radical (unpaired) electrons. The Kier molecular flexibility index (Phi) is 4.43. The van der Waals surface area contributed by atoms with Gasteiger partial charge in [-0.05, 0) is 12.5 Å². The van der Waals surface area contributed by atoms with Crippen LogP contribution in [0.15, 0.2) is 36.9 Å². The second-order valence-electron chi connectivity index (χ2n) is 3.45. The Morgan fingerprint density at radius 1 is 1.33 bits per heavy atom. The molecule has 1 N–H and O–H groups in total. The van der Waals surface area contributed by atoms with Crippen molar-refractivity contribution in [3.8, 4) is 0 Å². The molecule has 0 bridgehead atoms. The van der Waals surface area contributed by atoms with E-state index in [1.807, 2.05) is 6.92 Å². The lowest BCUT2D eigenvalue weighted by Crippen LogP contribution is -2.22. The van der Waals surface area contributed by atoms with Crippen LogP contribution in [0, 0.1) is 0 Å². The molecule has 1 nitrogen and oxygen atoms in total. The van der Waals surface area contributed by atoms with Crippen LogP contribution in [0.25, 0.3) is 0 Å². The van der Waals surface area contributed by atoms with Crippen LogP contribution >= 0.6 is 0 Å². The van der Waals surface area contributed by atoms with E-state index in [1.165, 1.54) is 12.1 Å². The first-order valence-electron chi connectivity index (χ1n) is 4.86. The highest BCUT2D eigenvalue weighted by Gasteiger charge is 2.05. The molecule has 1 unspecified atom stereocenters. The van der Waals surface area contributed by atoms with E-state index in [0.717, 1.165) is 5.56 Å². The third-order valence-electron chi connectivity index (χ3n) is 2.21. The van der Waals surface area contributed by atoms with Gasteiger partial charge in [0.15, 0.2) is 0 Å². The molecular weight excluding hydrogens is 196 g/mol. The number of hydrogen-bond acceptors (Lipinski definition) is 1. The molecule has 1 aromatic rings. The summed E-state index contributed by atoms with van der Waals surface area (Å²) < 4.78 is 24.5. The van der Waals surface area contributed by atoms with Gasteiger partial charge < -0.3 is 5.32 Å².